The molecule has 0 bridgehead atoms. The highest BCUT2D eigenvalue weighted by Crippen LogP contribution is 2.30. The Hall–Kier alpha value is -3.51. The van der Waals surface area contributed by atoms with E-state index in [9.17, 15) is 10.1 Å². The van der Waals surface area contributed by atoms with Crippen LogP contribution in [0, 0.1) is 10.1 Å². The van der Waals surface area contributed by atoms with E-state index in [1.165, 1.54) is 24.4 Å². The maximum Gasteiger partial charge on any atom is 0.278 e. The van der Waals surface area contributed by atoms with Gasteiger partial charge in [-0.2, -0.15) is 5.10 Å². The van der Waals surface area contributed by atoms with Gasteiger partial charge in [0.1, 0.15) is 0 Å². The number of anilines is 1. The van der Waals surface area contributed by atoms with Gasteiger partial charge in [-0.1, -0.05) is 48.0 Å². The fourth-order valence-corrected chi connectivity index (χ4v) is 3.10. The van der Waals surface area contributed by atoms with Crippen molar-refractivity contribution in [3.63, 3.8) is 0 Å². The number of rotatable bonds is 4. The van der Waals surface area contributed by atoms with Crippen molar-refractivity contribution in [2.24, 2.45) is 5.10 Å². The molecule has 27 heavy (non-hydrogen) atoms. The smallest absolute Gasteiger partial charge is 0.277 e. The van der Waals surface area contributed by atoms with Gasteiger partial charge in [-0.05, 0) is 24.3 Å². The molecular weight excluding hydrogens is 364 g/mol. The largest absolute Gasteiger partial charge is 0.278 e. The van der Waals surface area contributed by atoms with Crippen LogP contribution >= 0.6 is 11.6 Å². The second-order valence-electron chi connectivity index (χ2n) is 5.85. The highest BCUT2D eigenvalue weighted by atomic mass is 35.5. The van der Waals surface area contributed by atoms with E-state index in [2.05, 4.69) is 15.5 Å². The van der Waals surface area contributed by atoms with Crippen LogP contribution in [0.25, 0.3) is 21.8 Å². The third-order valence-electron chi connectivity index (χ3n) is 4.15. The number of nitrogens with one attached hydrogen (secondary N) is 1. The lowest BCUT2D eigenvalue weighted by molar-refractivity contribution is -0.385. The van der Waals surface area contributed by atoms with E-state index in [1.54, 1.807) is 0 Å². The van der Waals surface area contributed by atoms with Crippen LogP contribution in [-0.2, 0) is 0 Å². The lowest BCUT2D eigenvalue weighted by Gasteiger charge is -2.09. The molecule has 6 nitrogen and oxygen atoms in total. The summed E-state index contributed by atoms with van der Waals surface area (Å²) < 4.78 is 0. The standard InChI is InChI=1S/C20H13ClN4O2/c21-14-9-10-19(25(26)27)13(11-14)12-22-24-20-15-5-1-3-7-17(15)23-18-8-4-2-6-16(18)20/h1-12H,(H,23,24). The first kappa shape index (κ1) is 16.9. The molecule has 0 aliphatic heterocycles. The van der Waals surface area contributed by atoms with E-state index in [1.807, 2.05) is 48.5 Å². The number of nitro groups is 1. The second-order valence-corrected chi connectivity index (χ2v) is 6.29. The fraction of sp³-hybridized carbons (Fsp3) is 0. The van der Waals surface area contributed by atoms with Crippen molar-refractivity contribution in [3.05, 3.63) is 87.4 Å². The molecule has 4 rings (SSSR count). The van der Waals surface area contributed by atoms with E-state index in [0.717, 1.165) is 27.5 Å². The summed E-state index contributed by atoms with van der Waals surface area (Å²) in [6.45, 7) is 0. The second kappa shape index (κ2) is 7.01. The molecule has 0 atom stereocenters. The Bertz CT molecular complexity index is 1150. The third kappa shape index (κ3) is 3.30. The molecule has 132 valence electrons. The molecule has 0 aliphatic rings. The molecule has 0 amide bonds. The summed E-state index contributed by atoms with van der Waals surface area (Å²) in [6, 6.07) is 19.8. The van der Waals surface area contributed by atoms with Gasteiger partial charge in [0.15, 0.2) is 0 Å². The lowest BCUT2D eigenvalue weighted by Crippen LogP contribution is -1.98. The van der Waals surface area contributed by atoms with Crippen molar-refractivity contribution in [2.45, 2.75) is 0 Å². The Morgan fingerprint density at radius 1 is 1.00 bits per heavy atom. The zero-order valence-electron chi connectivity index (χ0n) is 14.0. The van der Waals surface area contributed by atoms with Gasteiger partial charge in [0.2, 0.25) is 0 Å². The summed E-state index contributed by atoms with van der Waals surface area (Å²) in [5.41, 5.74) is 5.75. The van der Waals surface area contributed by atoms with Crippen molar-refractivity contribution in [1.82, 2.24) is 4.98 Å². The van der Waals surface area contributed by atoms with E-state index in [-0.39, 0.29) is 5.69 Å². The summed E-state index contributed by atoms with van der Waals surface area (Å²) in [4.78, 5) is 15.4. The van der Waals surface area contributed by atoms with Gasteiger partial charge in [0.05, 0.1) is 33.4 Å². The minimum Gasteiger partial charge on any atom is -0.277 e. The van der Waals surface area contributed by atoms with Crippen molar-refractivity contribution < 1.29 is 4.92 Å². The molecule has 1 heterocycles. The molecule has 0 saturated heterocycles. The molecule has 4 aromatic rings. The summed E-state index contributed by atoms with van der Waals surface area (Å²) in [5.74, 6) is 0. The summed E-state index contributed by atoms with van der Waals surface area (Å²) >= 11 is 5.96. The molecule has 0 spiro atoms. The normalized spacial score (nSPS) is 11.3. The Morgan fingerprint density at radius 3 is 2.26 bits per heavy atom. The fourth-order valence-electron chi connectivity index (χ4n) is 2.92. The molecular formula is C20H13ClN4O2. The zero-order chi connectivity index (χ0) is 18.8. The van der Waals surface area contributed by atoms with Gasteiger partial charge in [-0.25, -0.2) is 4.98 Å². The number of hydrogen-bond acceptors (Lipinski definition) is 5. The van der Waals surface area contributed by atoms with E-state index < -0.39 is 4.92 Å². The number of benzene rings is 3. The van der Waals surface area contributed by atoms with Gasteiger partial charge in [0, 0.05) is 21.9 Å². The minimum absolute atomic E-state index is 0.0607. The number of hydrazone groups is 1. The summed E-state index contributed by atoms with van der Waals surface area (Å²) in [6.07, 6.45) is 1.40. The first-order valence-electron chi connectivity index (χ1n) is 8.14. The summed E-state index contributed by atoms with van der Waals surface area (Å²) in [5, 5.41) is 17.6. The van der Waals surface area contributed by atoms with Crippen LogP contribution in [-0.4, -0.2) is 16.1 Å². The summed E-state index contributed by atoms with van der Waals surface area (Å²) in [7, 11) is 0. The van der Waals surface area contributed by atoms with Crippen LogP contribution in [0.4, 0.5) is 11.4 Å². The number of pyridine rings is 1. The first-order chi connectivity index (χ1) is 13.1. The minimum atomic E-state index is -0.463. The number of nitro benzene ring substituents is 1. The highest BCUT2D eigenvalue weighted by Gasteiger charge is 2.12. The van der Waals surface area contributed by atoms with Crippen LogP contribution in [0.15, 0.2) is 71.8 Å². The molecule has 1 aromatic heterocycles. The maximum absolute atomic E-state index is 11.2. The van der Waals surface area contributed by atoms with Crippen LogP contribution in [0.3, 0.4) is 0 Å². The van der Waals surface area contributed by atoms with Crippen LogP contribution in [0.5, 0.6) is 0 Å². The highest BCUT2D eigenvalue weighted by molar-refractivity contribution is 6.31. The average molecular weight is 377 g/mol. The number of aromatic nitrogens is 1. The van der Waals surface area contributed by atoms with E-state index in [0.29, 0.717) is 10.6 Å². The molecule has 3 aromatic carbocycles. The first-order valence-corrected chi connectivity index (χ1v) is 8.52. The lowest BCUT2D eigenvalue weighted by atomic mass is 10.1. The number of hydrogen-bond donors (Lipinski definition) is 1. The molecule has 0 saturated carbocycles. The van der Waals surface area contributed by atoms with Crippen molar-refractivity contribution in [3.8, 4) is 0 Å². The monoisotopic (exact) mass is 376 g/mol. The molecule has 0 aliphatic carbocycles. The van der Waals surface area contributed by atoms with Crippen molar-refractivity contribution in [1.29, 1.82) is 0 Å². The quantitative estimate of drug-likeness (QED) is 0.224. The predicted molar refractivity (Wildman–Crippen MR) is 109 cm³/mol. The van der Waals surface area contributed by atoms with Crippen molar-refractivity contribution >= 4 is 51.0 Å². The molecule has 0 fully saturated rings. The van der Waals surface area contributed by atoms with E-state index in [4.69, 9.17) is 11.6 Å². The van der Waals surface area contributed by atoms with Gasteiger partial charge >= 0.3 is 0 Å². The number of halogens is 1. The topological polar surface area (TPSA) is 80.4 Å². The number of para-hydroxylation sites is 2. The Kier molecular flexibility index (Phi) is 4.40. The number of nitrogens with zero attached hydrogens (tertiary/aromatic N) is 3. The Morgan fingerprint density at radius 2 is 1.63 bits per heavy atom. The van der Waals surface area contributed by atoms with Crippen LogP contribution in [0.1, 0.15) is 5.56 Å². The predicted octanol–water partition coefficient (Wildman–Crippen LogP) is 5.40. The van der Waals surface area contributed by atoms with Crippen LogP contribution < -0.4 is 5.43 Å². The van der Waals surface area contributed by atoms with E-state index >= 15 is 0 Å². The van der Waals surface area contributed by atoms with Crippen LogP contribution in [0.2, 0.25) is 5.02 Å². The van der Waals surface area contributed by atoms with Gasteiger partial charge in [0.25, 0.3) is 5.69 Å². The maximum atomic E-state index is 11.2. The molecule has 1 N–H and O–H groups in total. The Labute approximate surface area is 159 Å². The Balaban J connectivity index is 1.79. The average Bonchev–Trinajstić information content (AvgIpc) is 2.67. The number of fused-ring (bicyclic) bond motifs is 2. The van der Waals surface area contributed by atoms with Gasteiger partial charge < -0.3 is 0 Å². The van der Waals surface area contributed by atoms with Crippen molar-refractivity contribution in [2.75, 3.05) is 5.43 Å². The third-order valence-corrected chi connectivity index (χ3v) is 4.39. The van der Waals surface area contributed by atoms with Gasteiger partial charge in [-0.15, -0.1) is 0 Å². The zero-order valence-corrected chi connectivity index (χ0v) is 14.7. The molecule has 0 radical (unpaired) electrons. The molecule has 7 heteroatoms. The van der Waals surface area contributed by atoms with Gasteiger partial charge in [-0.3, -0.25) is 15.5 Å². The molecule has 0 unspecified atom stereocenters. The SMILES string of the molecule is O=[N+]([O-])c1ccc(Cl)cc1C=NNc1c2ccccc2nc2ccccc12.